The lowest BCUT2D eigenvalue weighted by Gasteiger charge is -2.14. The largest absolute Gasteiger partial charge is 0.479 e. The summed E-state index contributed by atoms with van der Waals surface area (Å²) in [6.07, 6.45) is -0.936. The van der Waals surface area contributed by atoms with E-state index in [1.54, 1.807) is 30.3 Å². The smallest absolute Gasteiger partial charge is 0.347 e. The van der Waals surface area contributed by atoms with Gasteiger partial charge in [0.2, 0.25) is 0 Å². The molecule has 0 aliphatic heterocycles. The van der Waals surface area contributed by atoms with E-state index in [0.717, 1.165) is 6.07 Å². The Kier molecular flexibility index (Phi) is 7.03. The van der Waals surface area contributed by atoms with Gasteiger partial charge in [-0.25, -0.2) is 4.79 Å². The number of nitro benzene ring substituents is 1. The minimum absolute atomic E-state index is 0.0172. The number of benzene rings is 2. The summed E-state index contributed by atoms with van der Waals surface area (Å²) in [6, 6.07) is 13.6. The number of carbonyl (C=O) groups is 3. The third-order valence-corrected chi connectivity index (χ3v) is 3.37. The monoisotopic (exact) mass is 387 g/mol. The lowest BCUT2D eigenvalue weighted by Crippen LogP contribution is -2.44. The standard InChI is InChI=1S/C18H17N3O7/c1-12(28-15-8-3-2-4-9-15)18(24)27-11-16(22)19-20-17(23)13-6-5-7-14(10-13)21(25)26/h2-10,12H,11H2,1H3,(H,19,22)(H,20,23). The summed E-state index contributed by atoms with van der Waals surface area (Å²) < 4.78 is 10.2. The highest BCUT2D eigenvalue weighted by Crippen LogP contribution is 2.13. The molecule has 10 nitrogen and oxygen atoms in total. The third kappa shape index (κ3) is 6.09. The van der Waals surface area contributed by atoms with Crippen LogP contribution in [0.2, 0.25) is 0 Å². The van der Waals surface area contributed by atoms with E-state index in [2.05, 4.69) is 5.43 Å². The average molecular weight is 387 g/mol. The fraction of sp³-hybridized carbons (Fsp3) is 0.167. The van der Waals surface area contributed by atoms with Crippen LogP contribution in [0.25, 0.3) is 0 Å². The van der Waals surface area contributed by atoms with Crippen LogP contribution in [-0.2, 0) is 14.3 Å². The van der Waals surface area contributed by atoms with E-state index in [4.69, 9.17) is 9.47 Å². The number of amides is 2. The van der Waals surface area contributed by atoms with Gasteiger partial charge in [-0.2, -0.15) is 0 Å². The summed E-state index contributed by atoms with van der Waals surface area (Å²) >= 11 is 0. The van der Waals surface area contributed by atoms with Crippen LogP contribution in [0, 0.1) is 10.1 Å². The van der Waals surface area contributed by atoms with Gasteiger partial charge in [0, 0.05) is 17.7 Å². The van der Waals surface area contributed by atoms with Crippen molar-refractivity contribution < 1.29 is 28.8 Å². The fourth-order valence-corrected chi connectivity index (χ4v) is 2.00. The molecule has 2 aromatic rings. The number of rotatable bonds is 7. The molecule has 0 aromatic heterocycles. The van der Waals surface area contributed by atoms with Crippen molar-refractivity contribution in [2.45, 2.75) is 13.0 Å². The molecular formula is C18H17N3O7. The van der Waals surface area contributed by atoms with Crippen LogP contribution in [-0.4, -0.2) is 35.4 Å². The molecule has 0 bridgehead atoms. The van der Waals surface area contributed by atoms with Crippen molar-refractivity contribution in [2.75, 3.05) is 6.61 Å². The van der Waals surface area contributed by atoms with Gasteiger partial charge >= 0.3 is 5.97 Å². The Morgan fingerprint density at radius 2 is 1.79 bits per heavy atom. The van der Waals surface area contributed by atoms with Crippen molar-refractivity contribution >= 4 is 23.5 Å². The molecule has 0 spiro atoms. The first kappa shape index (κ1) is 20.4. The van der Waals surface area contributed by atoms with E-state index in [9.17, 15) is 24.5 Å². The number of esters is 1. The number of non-ortho nitro benzene ring substituents is 1. The highest BCUT2D eigenvalue weighted by Gasteiger charge is 2.18. The first-order valence-corrected chi connectivity index (χ1v) is 8.09. The molecule has 0 radical (unpaired) electrons. The summed E-state index contributed by atoms with van der Waals surface area (Å²) in [6.45, 7) is 0.827. The summed E-state index contributed by atoms with van der Waals surface area (Å²) in [7, 11) is 0. The topological polar surface area (TPSA) is 137 Å². The normalized spacial score (nSPS) is 11.0. The molecule has 1 unspecified atom stereocenters. The Bertz CT molecular complexity index is 870. The zero-order valence-corrected chi connectivity index (χ0v) is 14.8. The van der Waals surface area contributed by atoms with E-state index in [0.29, 0.717) is 5.75 Å². The molecule has 0 aliphatic carbocycles. The van der Waals surface area contributed by atoms with Gasteiger partial charge in [0.25, 0.3) is 17.5 Å². The van der Waals surface area contributed by atoms with Gasteiger partial charge in [0.15, 0.2) is 12.7 Å². The molecule has 0 heterocycles. The fourth-order valence-electron chi connectivity index (χ4n) is 2.00. The maximum atomic E-state index is 11.9. The number of hydrogen-bond donors (Lipinski definition) is 2. The second-order valence-electron chi connectivity index (χ2n) is 5.49. The van der Waals surface area contributed by atoms with Crippen molar-refractivity contribution in [2.24, 2.45) is 0 Å². The maximum absolute atomic E-state index is 11.9. The first-order chi connectivity index (χ1) is 13.4. The van der Waals surface area contributed by atoms with Crippen molar-refractivity contribution in [1.82, 2.24) is 10.9 Å². The van der Waals surface area contributed by atoms with Gasteiger partial charge < -0.3 is 9.47 Å². The van der Waals surface area contributed by atoms with E-state index >= 15 is 0 Å². The van der Waals surface area contributed by atoms with Crippen molar-refractivity contribution in [3.8, 4) is 5.75 Å². The molecule has 2 N–H and O–H groups in total. The van der Waals surface area contributed by atoms with Gasteiger partial charge in [0.1, 0.15) is 5.75 Å². The van der Waals surface area contributed by atoms with Crippen LogP contribution in [0.3, 0.4) is 0 Å². The van der Waals surface area contributed by atoms with Crippen LogP contribution in [0.1, 0.15) is 17.3 Å². The minimum atomic E-state index is -0.936. The molecule has 0 aliphatic rings. The molecule has 2 aromatic carbocycles. The molecule has 0 saturated heterocycles. The van der Waals surface area contributed by atoms with Crippen LogP contribution in [0.15, 0.2) is 54.6 Å². The molecule has 0 saturated carbocycles. The SMILES string of the molecule is CC(Oc1ccccc1)C(=O)OCC(=O)NNC(=O)c1cccc([N+](=O)[O-])c1. The highest BCUT2D eigenvalue weighted by molar-refractivity contribution is 5.96. The van der Waals surface area contributed by atoms with Crippen LogP contribution < -0.4 is 15.6 Å². The average Bonchev–Trinajstić information content (AvgIpc) is 2.70. The Morgan fingerprint density at radius 1 is 1.07 bits per heavy atom. The van der Waals surface area contributed by atoms with Gasteiger partial charge in [-0.1, -0.05) is 24.3 Å². The van der Waals surface area contributed by atoms with Crippen molar-refractivity contribution in [1.29, 1.82) is 0 Å². The molecule has 2 amide bonds. The number of nitrogens with one attached hydrogen (secondary N) is 2. The number of hydrogen-bond acceptors (Lipinski definition) is 7. The van der Waals surface area contributed by atoms with Crippen LogP contribution in [0.4, 0.5) is 5.69 Å². The lowest BCUT2D eigenvalue weighted by atomic mass is 10.2. The third-order valence-electron chi connectivity index (χ3n) is 3.37. The number of ether oxygens (including phenoxy) is 2. The van der Waals surface area contributed by atoms with Crippen LogP contribution >= 0.6 is 0 Å². The predicted octanol–water partition coefficient (Wildman–Crippen LogP) is 1.37. The summed E-state index contributed by atoms with van der Waals surface area (Å²) in [4.78, 5) is 45.5. The van der Waals surface area contributed by atoms with Crippen LogP contribution in [0.5, 0.6) is 5.75 Å². The Labute approximate surface area is 159 Å². The summed E-state index contributed by atoms with van der Waals surface area (Å²) in [5.74, 6) is -1.84. The molecule has 146 valence electrons. The zero-order chi connectivity index (χ0) is 20.5. The summed E-state index contributed by atoms with van der Waals surface area (Å²) in [5, 5.41) is 10.7. The Morgan fingerprint density at radius 3 is 2.46 bits per heavy atom. The first-order valence-electron chi connectivity index (χ1n) is 8.09. The van der Waals surface area contributed by atoms with E-state index in [-0.39, 0.29) is 11.3 Å². The van der Waals surface area contributed by atoms with E-state index < -0.39 is 35.4 Å². The Balaban J connectivity index is 1.76. The van der Waals surface area contributed by atoms with Gasteiger partial charge in [-0.05, 0) is 25.1 Å². The molecule has 2 rings (SSSR count). The number of carbonyl (C=O) groups excluding carboxylic acids is 3. The Hall–Kier alpha value is -3.95. The molecule has 0 fully saturated rings. The highest BCUT2D eigenvalue weighted by atomic mass is 16.6. The second-order valence-corrected chi connectivity index (χ2v) is 5.49. The second kappa shape index (κ2) is 9.67. The van der Waals surface area contributed by atoms with Crippen molar-refractivity contribution in [3.05, 3.63) is 70.3 Å². The quantitative estimate of drug-likeness (QED) is 0.416. The molecule has 28 heavy (non-hydrogen) atoms. The predicted molar refractivity (Wildman–Crippen MR) is 96.2 cm³/mol. The molecular weight excluding hydrogens is 370 g/mol. The van der Waals surface area contributed by atoms with E-state index in [1.807, 2.05) is 5.43 Å². The van der Waals surface area contributed by atoms with Gasteiger partial charge in [-0.15, -0.1) is 0 Å². The summed E-state index contributed by atoms with van der Waals surface area (Å²) in [5.41, 5.74) is 3.84. The van der Waals surface area contributed by atoms with Gasteiger partial charge in [0.05, 0.1) is 4.92 Å². The number of nitrogens with zero attached hydrogens (tertiary/aromatic N) is 1. The lowest BCUT2D eigenvalue weighted by molar-refractivity contribution is -0.384. The van der Waals surface area contributed by atoms with E-state index in [1.165, 1.54) is 25.1 Å². The molecule has 10 heteroatoms. The van der Waals surface area contributed by atoms with Gasteiger partial charge in [-0.3, -0.25) is 30.6 Å². The number of hydrazine groups is 1. The number of nitro groups is 1. The number of para-hydroxylation sites is 1. The van der Waals surface area contributed by atoms with Crippen molar-refractivity contribution in [3.63, 3.8) is 0 Å². The molecule has 1 atom stereocenters. The maximum Gasteiger partial charge on any atom is 0.347 e. The zero-order valence-electron chi connectivity index (χ0n) is 14.8. The minimum Gasteiger partial charge on any atom is -0.479 e.